The molecule has 3 aromatic rings. The molecule has 0 atom stereocenters. The molecule has 130 valence electrons. The second-order valence-electron chi connectivity index (χ2n) is 5.85. The van der Waals surface area contributed by atoms with Crippen molar-refractivity contribution in [1.82, 2.24) is 5.32 Å². The molecule has 2 nitrogen and oxygen atoms in total. The Hall–Kier alpha value is -2.29. The average Bonchev–Trinajstić information content (AvgIpc) is 2.66. The minimum Gasteiger partial charge on any atom is -0.489 e. The third-order valence-electron chi connectivity index (χ3n) is 4.03. The predicted octanol–water partition coefficient (Wildman–Crippen LogP) is 5.12. The maximum atomic E-state index is 5.85. The number of ether oxygens (including phenoxy) is 1. The van der Waals surface area contributed by atoms with Crippen molar-refractivity contribution in [3.05, 3.63) is 90.0 Å². The van der Waals surface area contributed by atoms with Crippen LogP contribution in [0.15, 0.2) is 78.9 Å². The first-order valence-electron chi connectivity index (χ1n) is 8.36. The number of rotatable bonds is 7. The first kappa shape index (κ1) is 19.0. The smallest absolute Gasteiger partial charge is 0.119 e. The van der Waals surface area contributed by atoms with Crippen LogP contribution in [-0.4, -0.2) is 13.6 Å². The van der Waals surface area contributed by atoms with Gasteiger partial charge < -0.3 is 10.1 Å². The molecule has 0 spiro atoms. The van der Waals surface area contributed by atoms with Crippen molar-refractivity contribution >= 4 is 12.4 Å². The lowest BCUT2D eigenvalue weighted by Crippen LogP contribution is -2.10. The molecule has 0 saturated heterocycles. The van der Waals surface area contributed by atoms with Gasteiger partial charge in [0.25, 0.3) is 0 Å². The lowest BCUT2D eigenvalue weighted by Gasteiger charge is -2.09. The van der Waals surface area contributed by atoms with E-state index in [0.29, 0.717) is 6.61 Å². The molecule has 0 aliphatic heterocycles. The third kappa shape index (κ3) is 5.63. The fraction of sp³-hybridized carbons (Fsp3) is 0.182. The zero-order chi connectivity index (χ0) is 16.6. The van der Waals surface area contributed by atoms with Gasteiger partial charge in [0.05, 0.1) is 0 Å². The van der Waals surface area contributed by atoms with Gasteiger partial charge in [-0.25, -0.2) is 0 Å². The van der Waals surface area contributed by atoms with Crippen LogP contribution in [0.2, 0.25) is 0 Å². The Morgan fingerprint density at radius 2 is 1.48 bits per heavy atom. The van der Waals surface area contributed by atoms with Crippen LogP contribution in [0.1, 0.15) is 11.1 Å². The van der Waals surface area contributed by atoms with E-state index in [2.05, 4.69) is 53.8 Å². The van der Waals surface area contributed by atoms with Crippen molar-refractivity contribution in [2.75, 3.05) is 13.6 Å². The van der Waals surface area contributed by atoms with Crippen LogP contribution >= 0.6 is 12.4 Å². The quantitative estimate of drug-likeness (QED) is 0.636. The molecule has 0 aromatic heterocycles. The highest BCUT2D eigenvalue weighted by molar-refractivity contribution is 5.85. The molecule has 25 heavy (non-hydrogen) atoms. The molecule has 0 heterocycles. The summed E-state index contributed by atoms with van der Waals surface area (Å²) in [5.41, 5.74) is 5.00. The fourth-order valence-electron chi connectivity index (χ4n) is 2.66. The number of benzene rings is 3. The molecular weight excluding hydrogens is 330 g/mol. The van der Waals surface area contributed by atoms with Crippen LogP contribution < -0.4 is 10.1 Å². The summed E-state index contributed by atoms with van der Waals surface area (Å²) in [4.78, 5) is 0. The molecule has 1 N–H and O–H groups in total. The van der Waals surface area contributed by atoms with Crippen molar-refractivity contribution in [2.45, 2.75) is 13.0 Å². The van der Waals surface area contributed by atoms with E-state index in [4.69, 9.17) is 4.74 Å². The number of hydrogen-bond donors (Lipinski definition) is 1. The topological polar surface area (TPSA) is 21.3 Å². The summed E-state index contributed by atoms with van der Waals surface area (Å²) < 4.78 is 5.85. The van der Waals surface area contributed by atoms with Gasteiger partial charge in [-0.3, -0.25) is 0 Å². The Bertz CT molecular complexity index is 756. The van der Waals surface area contributed by atoms with Crippen LogP contribution in [-0.2, 0) is 13.0 Å². The molecule has 0 amide bonds. The molecule has 0 fully saturated rings. The Morgan fingerprint density at radius 1 is 0.760 bits per heavy atom. The summed E-state index contributed by atoms with van der Waals surface area (Å²) in [7, 11) is 1.98. The zero-order valence-corrected chi connectivity index (χ0v) is 15.3. The normalized spacial score (nSPS) is 10.1. The fourth-order valence-corrected chi connectivity index (χ4v) is 2.66. The molecule has 0 unspecified atom stereocenters. The van der Waals surface area contributed by atoms with Gasteiger partial charge in [-0.05, 0) is 54.4 Å². The van der Waals surface area contributed by atoms with E-state index in [1.54, 1.807) is 0 Å². The molecule has 3 heteroatoms. The Kier molecular flexibility index (Phi) is 7.52. The van der Waals surface area contributed by atoms with Crippen LogP contribution in [0.3, 0.4) is 0 Å². The van der Waals surface area contributed by atoms with Crippen molar-refractivity contribution in [2.24, 2.45) is 0 Å². The van der Waals surface area contributed by atoms with Gasteiger partial charge in [0.15, 0.2) is 0 Å². The summed E-state index contributed by atoms with van der Waals surface area (Å²) in [5.74, 6) is 0.897. The highest BCUT2D eigenvalue weighted by atomic mass is 35.5. The van der Waals surface area contributed by atoms with Crippen molar-refractivity contribution in [1.29, 1.82) is 0 Å². The van der Waals surface area contributed by atoms with E-state index in [-0.39, 0.29) is 12.4 Å². The monoisotopic (exact) mass is 353 g/mol. The number of hydrogen-bond acceptors (Lipinski definition) is 2. The van der Waals surface area contributed by atoms with Gasteiger partial charge >= 0.3 is 0 Å². The van der Waals surface area contributed by atoms with Gasteiger partial charge in [0, 0.05) is 0 Å². The molecule has 0 saturated carbocycles. The van der Waals surface area contributed by atoms with E-state index in [9.17, 15) is 0 Å². The second-order valence-corrected chi connectivity index (χ2v) is 5.85. The van der Waals surface area contributed by atoms with Crippen LogP contribution in [0.25, 0.3) is 11.1 Å². The standard InChI is InChI=1S/C22H23NO.ClH/c1-23-15-14-18-8-5-9-21(16-18)20-10-12-22(13-11-20)24-17-19-6-3-2-4-7-19;/h2-13,16,23H,14-15,17H2,1H3;1H. The van der Waals surface area contributed by atoms with E-state index in [1.807, 2.05) is 37.4 Å². The zero-order valence-electron chi connectivity index (χ0n) is 14.4. The van der Waals surface area contributed by atoms with E-state index < -0.39 is 0 Å². The number of nitrogens with one attached hydrogen (secondary N) is 1. The summed E-state index contributed by atoms with van der Waals surface area (Å²) >= 11 is 0. The molecule has 3 aromatic carbocycles. The summed E-state index contributed by atoms with van der Waals surface area (Å²) in [6, 6.07) is 27.3. The van der Waals surface area contributed by atoms with Crippen molar-refractivity contribution in [3.8, 4) is 16.9 Å². The van der Waals surface area contributed by atoms with Gasteiger partial charge in [0.2, 0.25) is 0 Å². The lowest BCUT2D eigenvalue weighted by molar-refractivity contribution is 0.306. The number of likely N-dealkylation sites (N-methyl/N-ethyl adjacent to an activating group) is 1. The lowest BCUT2D eigenvalue weighted by atomic mass is 10.0. The van der Waals surface area contributed by atoms with Gasteiger partial charge in [-0.1, -0.05) is 66.7 Å². The SMILES string of the molecule is CNCCc1cccc(-c2ccc(OCc3ccccc3)cc2)c1.Cl. The molecule has 3 rings (SSSR count). The Labute approximate surface area is 156 Å². The molecule has 0 bridgehead atoms. The van der Waals surface area contributed by atoms with E-state index in [1.165, 1.54) is 22.3 Å². The number of halogens is 1. The maximum Gasteiger partial charge on any atom is 0.119 e. The highest BCUT2D eigenvalue weighted by Gasteiger charge is 2.01. The summed E-state index contributed by atoms with van der Waals surface area (Å²) in [5, 5.41) is 3.19. The minimum absolute atomic E-state index is 0. The molecular formula is C22H24ClNO. The first-order valence-corrected chi connectivity index (χ1v) is 8.36. The molecule has 0 aliphatic rings. The van der Waals surface area contributed by atoms with Gasteiger partial charge in [-0.2, -0.15) is 0 Å². The highest BCUT2D eigenvalue weighted by Crippen LogP contribution is 2.24. The molecule has 0 aliphatic carbocycles. The van der Waals surface area contributed by atoms with Crippen LogP contribution in [0.5, 0.6) is 5.75 Å². The third-order valence-corrected chi connectivity index (χ3v) is 4.03. The maximum absolute atomic E-state index is 5.85. The van der Waals surface area contributed by atoms with Crippen LogP contribution in [0, 0.1) is 0 Å². The minimum atomic E-state index is 0. The summed E-state index contributed by atoms with van der Waals surface area (Å²) in [6.45, 7) is 1.59. The Balaban J connectivity index is 0.00000225. The largest absolute Gasteiger partial charge is 0.489 e. The van der Waals surface area contributed by atoms with Crippen molar-refractivity contribution in [3.63, 3.8) is 0 Å². The Morgan fingerprint density at radius 3 is 2.20 bits per heavy atom. The van der Waals surface area contributed by atoms with Gasteiger partial charge in [-0.15, -0.1) is 12.4 Å². The molecule has 0 radical (unpaired) electrons. The van der Waals surface area contributed by atoms with E-state index in [0.717, 1.165) is 18.7 Å². The van der Waals surface area contributed by atoms with Crippen LogP contribution in [0.4, 0.5) is 0 Å². The predicted molar refractivity (Wildman–Crippen MR) is 108 cm³/mol. The second kappa shape index (κ2) is 9.87. The average molecular weight is 354 g/mol. The first-order chi connectivity index (χ1) is 11.8. The van der Waals surface area contributed by atoms with Gasteiger partial charge in [0.1, 0.15) is 12.4 Å². The van der Waals surface area contributed by atoms with Crippen molar-refractivity contribution < 1.29 is 4.74 Å². The summed E-state index contributed by atoms with van der Waals surface area (Å²) in [6.07, 6.45) is 1.04. The van der Waals surface area contributed by atoms with E-state index >= 15 is 0 Å².